The summed E-state index contributed by atoms with van der Waals surface area (Å²) in [4.78, 5) is 56.2. The molecule has 0 heterocycles. The second-order valence-corrected chi connectivity index (χ2v) is 10.9. The van der Waals surface area contributed by atoms with Crippen LogP contribution in [0.4, 0.5) is 4.79 Å². The van der Waals surface area contributed by atoms with E-state index in [1.165, 1.54) is 24.1 Å². The van der Waals surface area contributed by atoms with Gasteiger partial charge in [0.25, 0.3) is 0 Å². The third-order valence-corrected chi connectivity index (χ3v) is 7.38. The fraction of sp³-hybridized carbons (Fsp3) is 0.324. The summed E-state index contributed by atoms with van der Waals surface area (Å²) in [7, 11) is 3.05. The number of carbonyl (C=O) groups is 4. The number of amides is 3. The van der Waals surface area contributed by atoms with Crippen LogP contribution in [0.25, 0.3) is 0 Å². The van der Waals surface area contributed by atoms with E-state index in [9.17, 15) is 29.4 Å². The van der Waals surface area contributed by atoms with Crippen LogP contribution in [0, 0.1) is 0 Å². The number of nitrogens with one attached hydrogen (secondary N) is 3. The number of carboxylic acid groups (broad SMARTS) is 1. The molecule has 0 aliphatic heterocycles. The number of rotatable bonds is 16. The van der Waals surface area contributed by atoms with Gasteiger partial charge in [-0.3, -0.25) is 24.8 Å². The molecule has 0 aromatic heterocycles. The van der Waals surface area contributed by atoms with Crippen LogP contribution >= 0.6 is 0 Å². The highest BCUT2D eigenvalue weighted by atomic mass is 16.6. The van der Waals surface area contributed by atoms with Gasteiger partial charge in [0.05, 0.1) is 6.04 Å². The molecule has 0 saturated carbocycles. The van der Waals surface area contributed by atoms with E-state index in [1.54, 1.807) is 43.4 Å². The maximum absolute atomic E-state index is 13.3. The Morgan fingerprint density at radius 2 is 1.45 bits per heavy atom. The van der Waals surface area contributed by atoms with Gasteiger partial charge in [0, 0.05) is 26.4 Å². The molecule has 0 aliphatic carbocycles. The number of aliphatic carboxylic acids is 1. The molecule has 47 heavy (non-hydrogen) atoms. The van der Waals surface area contributed by atoms with Crippen molar-refractivity contribution in [1.29, 1.82) is 0 Å². The van der Waals surface area contributed by atoms with E-state index in [2.05, 4.69) is 20.9 Å². The second-order valence-electron chi connectivity index (χ2n) is 10.9. The van der Waals surface area contributed by atoms with Gasteiger partial charge in [0.1, 0.15) is 24.4 Å². The van der Waals surface area contributed by atoms with Crippen LogP contribution in [0.3, 0.4) is 0 Å². The van der Waals surface area contributed by atoms with E-state index in [0.29, 0.717) is 18.4 Å². The average molecular weight is 647 g/mol. The van der Waals surface area contributed by atoms with Crippen molar-refractivity contribution < 1.29 is 34.1 Å². The van der Waals surface area contributed by atoms with Gasteiger partial charge in [0.2, 0.25) is 11.8 Å². The second kappa shape index (κ2) is 18.5. The van der Waals surface area contributed by atoms with Crippen molar-refractivity contribution in [2.75, 3.05) is 20.6 Å². The van der Waals surface area contributed by atoms with Gasteiger partial charge >= 0.3 is 12.1 Å². The highest BCUT2D eigenvalue weighted by Crippen LogP contribution is 2.15. The molecular formula is C34H42N6O7. The van der Waals surface area contributed by atoms with Crippen LogP contribution < -0.4 is 21.7 Å². The largest absolute Gasteiger partial charge is 0.508 e. The Morgan fingerprint density at radius 3 is 2.04 bits per heavy atom. The van der Waals surface area contributed by atoms with Gasteiger partial charge in [-0.05, 0) is 48.7 Å². The molecule has 0 bridgehead atoms. The summed E-state index contributed by atoms with van der Waals surface area (Å²) in [6.07, 6.45) is 0.260. The molecule has 13 nitrogen and oxygen atoms in total. The summed E-state index contributed by atoms with van der Waals surface area (Å²) >= 11 is 0. The number of nitrogens with zero attached hydrogens (tertiary/aromatic N) is 2. The normalized spacial score (nSPS) is 13.1. The van der Waals surface area contributed by atoms with Crippen molar-refractivity contribution in [2.45, 2.75) is 50.4 Å². The summed E-state index contributed by atoms with van der Waals surface area (Å²) < 4.78 is 5.42. The molecule has 3 aromatic carbocycles. The fourth-order valence-electron chi connectivity index (χ4n) is 4.68. The number of hydrogen-bond acceptors (Lipinski definition) is 8. The monoisotopic (exact) mass is 646 g/mol. The molecule has 0 radical (unpaired) electrons. The van der Waals surface area contributed by atoms with Crippen LogP contribution in [-0.2, 0) is 38.6 Å². The number of phenolic OH excluding ortho intramolecular Hbond substituents is 1. The Hall–Kier alpha value is -5.43. The topological polar surface area (TPSA) is 196 Å². The molecule has 0 saturated heterocycles. The van der Waals surface area contributed by atoms with Crippen molar-refractivity contribution in [2.24, 2.45) is 10.7 Å². The molecule has 0 aliphatic rings. The van der Waals surface area contributed by atoms with Crippen molar-refractivity contribution in [3.8, 4) is 5.75 Å². The first-order valence-electron chi connectivity index (χ1n) is 15.1. The van der Waals surface area contributed by atoms with Gasteiger partial charge in [-0.25, -0.2) is 9.59 Å². The van der Waals surface area contributed by atoms with Crippen LogP contribution in [-0.4, -0.2) is 83.7 Å². The molecule has 3 rings (SSSR count). The van der Waals surface area contributed by atoms with Crippen LogP contribution in [0.1, 0.15) is 29.5 Å². The summed E-state index contributed by atoms with van der Waals surface area (Å²) in [6, 6.07) is 21.6. The van der Waals surface area contributed by atoms with E-state index in [0.717, 1.165) is 11.1 Å². The zero-order chi connectivity index (χ0) is 34.2. The minimum Gasteiger partial charge on any atom is -0.508 e. The molecule has 3 atom stereocenters. The predicted molar refractivity (Wildman–Crippen MR) is 176 cm³/mol. The molecule has 250 valence electrons. The van der Waals surface area contributed by atoms with E-state index in [4.69, 9.17) is 10.5 Å². The molecule has 0 unspecified atom stereocenters. The van der Waals surface area contributed by atoms with Crippen molar-refractivity contribution in [1.82, 2.24) is 20.9 Å². The lowest BCUT2D eigenvalue weighted by molar-refractivity contribution is -0.142. The van der Waals surface area contributed by atoms with Crippen LogP contribution in [0.2, 0.25) is 0 Å². The standard InChI is InChI=1S/C34H42N6O7/c1-36-27(30(42)38-28(32(44)45)20-23-10-5-3-6-11-23)14-9-19-37-33(35)39-31(43)29(21-24-15-17-26(41)18-16-24)40(2)34(46)47-22-25-12-7-4-8-13-25/h3-8,10-13,15-18,27-29,36,41H,9,14,19-22H2,1-2H3,(H,38,42)(H,44,45)(H3,35,37,39,43)/t27-,28-,29-/m0/s1. The maximum atomic E-state index is 13.3. The third kappa shape index (κ3) is 12.1. The number of hydrogen-bond donors (Lipinski definition) is 6. The first-order valence-corrected chi connectivity index (χ1v) is 15.1. The van der Waals surface area contributed by atoms with E-state index in [-0.39, 0.29) is 37.7 Å². The van der Waals surface area contributed by atoms with E-state index >= 15 is 0 Å². The molecule has 7 N–H and O–H groups in total. The molecule has 0 fully saturated rings. The first-order chi connectivity index (χ1) is 22.6. The van der Waals surface area contributed by atoms with E-state index in [1.807, 2.05) is 36.4 Å². The number of benzene rings is 3. The molecule has 3 amide bonds. The average Bonchev–Trinajstić information content (AvgIpc) is 3.07. The van der Waals surface area contributed by atoms with Crippen molar-refractivity contribution in [3.05, 3.63) is 102 Å². The first kappa shape index (κ1) is 36.0. The third-order valence-electron chi connectivity index (χ3n) is 7.38. The van der Waals surface area contributed by atoms with E-state index < -0.39 is 42.0 Å². The van der Waals surface area contributed by atoms with Gasteiger partial charge in [-0.15, -0.1) is 0 Å². The lowest BCUT2D eigenvalue weighted by Crippen LogP contribution is -2.52. The van der Waals surface area contributed by atoms with Crippen LogP contribution in [0.5, 0.6) is 5.75 Å². The molecule has 0 spiro atoms. The Labute approximate surface area is 273 Å². The number of guanidine groups is 1. The number of likely N-dealkylation sites (N-methyl/N-ethyl adjacent to an activating group) is 2. The number of carbonyl (C=O) groups excluding carboxylic acids is 3. The number of phenols is 1. The smallest absolute Gasteiger partial charge is 0.410 e. The summed E-state index contributed by atoms with van der Waals surface area (Å²) in [6.45, 7) is 0.193. The van der Waals surface area contributed by atoms with Crippen molar-refractivity contribution >= 4 is 29.8 Å². The number of nitrogens with two attached hydrogens (primary N) is 1. The van der Waals surface area contributed by atoms with Gasteiger partial charge in [-0.2, -0.15) is 0 Å². The Bertz CT molecular complexity index is 1490. The predicted octanol–water partition coefficient (Wildman–Crippen LogP) is 2.18. The van der Waals surface area contributed by atoms with Crippen molar-refractivity contribution in [3.63, 3.8) is 0 Å². The molecule has 3 aromatic rings. The zero-order valence-electron chi connectivity index (χ0n) is 26.5. The number of ether oxygens (including phenoxy) is 1. The van der Waals surface area contributed by atoms with Gasteiger partial charge in [0.15, 0.2) is 5.96 Å². The summed E-state index contributed by atoms with van der Waals surface area (Å²) in [5.41, 5.74) is 8.27. The number of aliphatic imine (C=N–C) groups is 1. The lowest BCUT2D eigenvalue weighted by Gasteiger charge is -2.26. The SMILES string of the molecule is CN[C@@H](CCCN=C(N)NC(=O)[C@H](Cc1ccc(O)cc1)N(C)C(=O)OCc1ccccc1)C(=O)N[C@@H](Cc1ccccc1)C(=O)O. The quantitative estimate of drug-likeness (QED) is 0.0768. The molecular weight excluding hydrogens is 604 g/mol. The highest BCUT2D eigenvalue weighted by molar-refractivity contribution is 5.99. The summed E-state index contributed by atoms with van der Waals surface area (Å²) in [5, 5.41) is 27.3. The number of carboxylic acids is 1. The number of aromatic hydroxyl groups is 1. The Morgan fingerprint density at radius 1 is 0.851 bits per heavy atom. The van der Waals surface area contributed by atoms with Crippen LogP contribution in [0.15, 0.2) is 89.9 Å². The van der Waals surface area contributed by atoms with Gasteiger partial charge in [-0.1, -0.05) is 72.8 Å². The minimum absolute atomic E-state index is 0.0246. The maximum Gasteiger partial charge on any atom is 0.410 e. The minimum atomic E-state index is -1.14. The zero-order valence-corrected chi connectivity index (χ0v) is 26.5. The van der Waals surface area contributed by atoms with Gasteiger partial charge < -0.3 is 31.3 Å². The Kier molecular flexibility index (Phi) is 14.2. The Balaban J connectivity index is 1.56. The highest BCUT2D eigenvalue weighted by Gasteiger charge is 2.29. The molecule has 13 heteroatoms. The lowest BCUT2D eigenvalue weighted by atomic mass is 10.0. The summed E-state index contributed by atoms with van der Waals surface area (Å²) in [5.74, 6) is -2.29. The fourth-order valence-corrected chi connectivity index (χ4v) is 4.68.